The molecular formula is C28H25N. The van der Waals surface area contributed by atoms with Crippen LogP contribution in [-0.2, 0) is 0 Å². The molecule has 2 aliphatic carbocycles. The topological polar surface area (TPSA) is 3.24 Å². The van der Waals surface area contributed by atoms with Gasteiger partial charge in [0.05, 0.1) is 6.04 Å². The highest BCUT2D eigenvalue weighted by molar-refractivity contribution is 5.94. The lowest BCUT2D eigenvalue weighted by Gasteiger charge is -2.51. The number of rotatable bonds is 1. The van der Waals surface area contributed by atoms with Crippen molar-refractivity contribution < 1.29 is 0 Å². The van der Waals surface area contributed by atoms with Crippen molar-refractivity contribution in [2.75, 3.05) is 11.4 Å². The summed E-state index contributed by atoms with van der Waals surface area (Å²) in [6, 6.07) is 23.4. The first-order chi connectivity index (χ1) is 14.4. The minimum atomic E-state index is 0.477. The molecule has 0 saturated carbocycles. The van der Waals surface area contributed by atoms with Gasteiger partial charge in [-0.15, -0.1) is 0 Å². The predicted molar refractivity (Wildman–Crippen MR) is 120 cm³/mol. The van der Waals surface area contributed by atoms with E-state index >= 15 is 0 Å². The molecule has 0 N–H and O–H groups in total. The molecular weight excluding hydrogens is 350 g/mol. The lowest BCUT2D eigenvalue weighted by Crippen LogP contribution is -2.46. The smallest absolute Gasteiger partial charge is 0.0582 e. The van der Waals surface area contributed by atoms with Crippen molar-refractivity contribution in [3.63, 3.8) is 0 Å². The van der Waals surface area contributed by atoms with Gasteiger partial charge in [0.15, 0.2) is 0 Å². The molecule has 0 spiro atoms. The number of hydrogen-bond donors (Lipinski definition) is 0. The summed E-state index contributed by atoms with van der Waals surface area (Å²) in [5.41, 5.74) is 6.21. The number of allylic oxidation sites excluding steroid dienone is 4. The summed E-state index contributed by atoms with van der Waals surface area (Å²) in [5, 5.41) is 2.88. The Balaban J connectivity index is 1.56. The van der Waals surface area contributed by atoms with Gasteiger partial charge < -0.3 is 4.90 Å². The molecule has 0 amide bonds. The van der Waals surface area contributed by atoms with Crippen LogP contribution < -0.4 is 4.90 Å². The van der Waals surface area contributed by atoms with E-state index in [4.69, 9.17) is 0 Å². The minimum absolute atomic E-state index is 0.477. The van der Waals surface area contributed by atoms with E-state index in [1.165, 1.54) is 35.7 Å². The lowest BCUT2D eigenvalue weighted by molar-refractivity contribution is 0.336. The van der Waals surface area contributed by atoms with Gasteiger partial charge in [0.2, 0.25) is 0 Å². The van der Waals surface area contributed by atoms with Crippen LogP contribution in [0.1, 0.15) is 47.4 Å². The van der Waals surface area contributed by atoms with E-state index in [1.54, 1.807) is 16.8 Å². The van der Waals surface area contributed by atoms with E-state index in [1.807, 2.05) is 0 Å². The zero-order valence-corrected chi connectivity index (χ0v) is 16.5. The molecule has 0 saturated heterocycles. The van der Waals surface area contributed by atoms with E-state index < -0.39 is 0 Å². The van der Waals surface area contributed by atoms with Crippen LogP contribution in [0.15, 0.2) is 85.0 Å². The second-order valence-corrected chi connectivity index (χ2v) is 9.26. The predicted octanol–water partition coefficient (Wildman–Crippen LogP) is 6.73. The zero-order valence-electron chi connectivity index (χ0n) is 16.5. The van der Waals surface area contributed by atoms with Crippen LogP contribution >= 0.6 is 0 Å². The Morgan fingerprint density at radius 2 is 1.59 bits per heavy atom. The van der Waals surface area contributed by atoms with Gasteiger partial charge in [-0.1, -0.05) is 78.9 Å². The van der Waals surface area contributed by atoms with Gasteiger partial charge >= 0.3 is 0 Å². The van der Waals surface area contributed by atoms with Gasteiger partial charge in [-0.2, -0.15) is 0 Å². The quantitative estimate of drug-likeness (QED) is 0.426. The first-order valence-electron chi connectivity index (χ1n) is 11.1. The second-order valence-electron chi connectivity index (χ2n) is 9.26. The summed E-state index contributed by atoms with van der Waals surface area (Å²) < 4.78 is 0. The van der Waals surface area contributed by atoms with Crippen molar-refractivity contribution in [3.05, 3.63) is 102 Å². The monoisotopic (exact) mass is 375 g/mol. The summed E-state index contributed by atoms with van der Waals surface area (Å²) in [5.74, 6) is 2.46. The third-order valence-electron chi connectivity index (χ3n) is 7.89. The molecule has 3 aromatic carbocycles. The van der Waals surface area contributed by atoms with Gasteiger partial charge in [-0.05, 0) is 58.2 Å². The van der Waals surface area contributed by atoms with Crippen LogP contribution in [-0.4, -0.2) is 6.54 Å². The molecule has 142 valence electrons. The van der Waals surface area contributed by atoms with Gasteiger partial charge in [0, 0.05) is 24.1 Å². The third-order valence-corrected chi connectivity index (χ3v) is 7.89. The van der Waals surface area contributed by atoms with Crippen LogP contribution in [0.2, 0.25) is 0 Å². The minimum Gasteiger partial charge on any atom is -0.363 e. The Morgan fingerprint density at radius 1 is 0.793 bits per heavy atom. The Kier molecular flexibility index (Phi) is 3.24. The average Bonchev–Trinajstić information content (AvgIpc) is 3.43. The molecule has 0 bridgehead atoms. The van der Waals surface area contributed by atoms with Crippen LogP contribution in [0.5, 0.6) is 0 Å². The van der Waals surface area contributed by atoms with Gasteiger partial charge in [0.25, 0.3) is 0 Å². The van der Waals surface area contributed by atoms with Crippen molar-refractivity contribution in [1.82, 2.24) is 0 Å². The van der Waals surface area contributed by atoms with E-state index in [0.29, 0.717) is 29.7 Å². The van der Waals surface area contributed by atoms with Gasteiger partial charge in [-0.25, -0.2) is 0 Å². The Bertz CT molecular complexity index is 1170. The first kappa shape index (κ1) is 16.0. The molecule has 0 fully saturated rings. The maximum atomic E-state index is 2.81. The molecule has 2 aliphatic heterocycles. The Morgan fingerprint density at radius 3 is 2.52 bits per heavy atom. The maximum absolute atomic E-state index is 2.81. The molecule has 0 aromatic heterocycles. The number of fused-ring (bicyclic) bond motifs is 6. The molecule has 4 aliphatic rings. The summed E-state index contributed by atoms with van der Waals surface area (Å²) >= 11 is 0. The van der Waals surface area contributed by atoms with E-state index in [-0.39, 0.29) is 0 Å². The zero-order chi connectivity index (χ0) is 18.9. The normalized spacial score (nSPS) is 31.0. The second kappa shape index (κ2) is 5.86. The number of nitrogens with zero attached hydrogens (tertiary/aromatic N) is 1. The largest absolute Gasteiger partial charge is 0.363 e. The van der Waals surface area contributed by atoms with E-state index in [2.05, 4.69) is 89.9 Å². The Hall–Kier alpha value is -2.80. The van der Waals surface area contributed by atoms with Crippen molar-refractivity contribution >= 4 is 16.5 Å². The Labute approximate surface area is 172 Å². The highest BCUT2D eigenvalue weighted by atomic mass is 15.2. The van der Waals surface area contributed by atoms with Crippen LogP contribution in [0, 0.1) is 11.8 Å². The molecule has 2 heterocycles. The average molecular weight is 376 g/mol. The molecule has 1 nitrogen and oxygen atoms in total. The standard InChI is InChI=1S/C28H25N/c1-2-8-18(9-3-1)27-24-15-7-14-23(24)26-22-12-5-4-10-19(22)16-25-21-13-6-11-20(21)17-29(27)28(25)26/h1-10,12-14,16,20-21,23-24,27H,11,15,17H2/t20-,21+,23+,24-,27+/m1/s1. The molecule has 7 rings (SSSR count). The van der Waals surface area contributed by atoms with Crippen molar-refractivity contribution in [3.8, 4) is 0 Å². The fraction of sp³-hybridized carbons (Fsp3) is 0.286. The molecule has 3 aromatic rings. The summed E-state index contributed by atoms with van der Waals surface area (Å²) in [6.45, 7) is 1.18. The number of benzene rings is 3. The van der Waals surface area contributed by atoms with Crippen molar-refractivity contribution in [1.29, 1.82) is 0 Å². The number of hydrogen-bond acceptors (Lipinski definition) is 1. The summed E-state index contributed by atoms with van der Waals surface area (Å²) in [6.07, 6.45) is 12.3. The van der Waals surface area contributed by atoms with Gasteiger partial charge in [0.1, 0.15) is 0 Å². The van der Waals surface area contributed by atoms with E-state index in [0.717, 1.165) is 0 Å². The van der Waals surface area contributed by atoms with Crippen molar-refractivity contribution in [2.45, 2.75) is 30.7 Å². The molecule has 1 heteroatoms. The van der Waals surface area contributed by atoms with Crippen LogP contribution in [0.25, 0.3) is 10.8 Å². The fourth-order valence-corrected chi connectivity index (χ4v) is 6.76. The maximum Gasteiger partial charge on any atom is 0.0582 e. The molecule has 29 heavy (non-hydrogen) atoms. The highest BCUT2D eigenvalue weighted by Crippen LogP contribution is 2.60. The van der Waals surface area contributed by atoms with E-state index in [9.17, 15) is 0 Å². The summed E-state index contributed by atoms with van der Waals surface area (Å²) in [7, 11) is 0. The van der Waals surface area contributed by atoms with Gasteiger partial charge in [-0.3, -0.25) is 0 Å². The van der Waals surface area contributed by atoms with Crippen molar-refractivity contribution in [2.24, 2.45) is 11.8 Å². The molecule has 5 atom stereocenters. The first-order valence-corrected chi connectivity index (χ1v) is 11.1. The lowest BCUT2D eigenvalue weighted by atomic mass is 9.69. The van der Waals surface area contributed by atoms with Crippen LogP contribution in [0.4, 0.5) is 5.69 Å². The third kappa shape index (κ3) is 2.11. The molecule has 0 unspecified atom stereocenters. The SMILES string of the molecule is C1=C[C@@H]2c3cc4ccccc4c4c3N(C[C@H]2C1)[C@@H](c1ccccc1)[C@@H]1CC=C[C@H]41. The summed E-state index contributed by atoms with van der Waals surface area (Å²) in [4.78, 5) is 2.81. The van der Waals surface area contributed by atoms with Crippen LogP contribution in [0.3, 0.4) is 0 Å². The fourth-order valence-electron chi connectivity index (χ4n) is 6.76. The highest BCUT2D eigenvalue weighted by Gasteiger charge is 2.48. The molecule has 0 radical (unpaired) electrons. The number of anilines is 1.